The Hall–Kier alpha value is -4.40. The van der Waals surface area contributed by atoms with Gasteiger partial charge in [0.2, 0.25) is 5.91 Å². The van der Waals surface area contributed by atoms with E-state index in [0.717, 1.165) is 81.3 Å². The van der Waals surface area contributed by atoms with Crippen molar-refractivity contribution >= 4 is 24.0 Å². The van der Waals surface area contributed by atoms with Crippen LogP contribution in [0.3, 0.4) is 0 Å². The molecule has 6 rings (SSSR count). The van der Waals surface area contributed by atoms with Crippen LogP contribution in [0.4, 0.5) is 5.69 Å². The Balaban J connectivity index is 0.00000541. The van der Waals surface area contributed by atoms with Crippen LogP contribution in [0, 0.1) is 10.1 Å². The third-order valence-electron chi connectivity index (χ3n) is 11.7. The smallest absolute Gasteiger partial charge is 0.311 e. The fourth-order valence-corrected chi connectivity index (χ4v) is 8.86. The van der Waals surface area contributed by atoms with Gasteiger partial charge in [-0.15, -0.1) is 12.4 Å². The van der Waals surface area contributed by atoms with Crippen molar-refractivity contribution in [1.29, 1.82) is 0 Å². The van der Waals surface area contributed by atoms with Gasteiger partial charge in [0.05, 0.1) is 19.1 Å². The zero-order valence-corrected chi connectivity index (χ0v) is 32.0. The number of carbonyl (C=O) groups is 1. The number of aryl methyl sites for hydroxylation is 2. The molecule has 1 heterocycles. The number of nitro groups is 1. The van der Waals surface area contributed by atoms with Crippen molar-refractivity contribution in [3.05, 3.63) is 135 Å². The Bertz CT molecular complexity index is 1750. The Morgan fingerprint density at radius 2 is 1.55 bits per heavy atom. The lowest BCUT2D eigenvalue weighted by Crippen LogP contribution is -2.55. The van der Waals surface area contributed by atoms with Gasteiger partial charge in [0, 0.05) is 30.0 Å². The summed E-state index contributed by atoms with van der Waals surface area (Å²) in [7, 11) is 3.16. The standard InChI is InChI=1S/C44H53N3O5.ClH/c1-51-39-20-17-34(18-21-39)19-22-42(48)45-28-11-25-44(37-13-5-3-6-14-37,38-15-7-4-8-16-38)26-12-30-46-29-10-9-24-43(46)27-23-35-32-41(52-2)40(47(49)50)31-36(35)33-43;/h3-8,13-18,20-21,31-32H,9-12,19,22-30,33H2,1-2H3,(H,45,48);1H. The summed E-state index contributed by atoms with van der Waals surface area (Å²) < 4.78 is 10.7. The Morgan fingerprint density at radius 3 is 2.19 bits per heavy atom. The van der Waals surface area contributed by atoms with E-state index in [-0.39, 0.29) is 39.9 Å². The highest BCUT2D eigenvalue weighted by Crippen LogP contribution is 2.45. The molecule has 8 nitrogen and oxygen atoms in total. The van der Waals surface area contributed by atoms with Crippen LogP contribution in [0.15, 0.2) is 97.1 Å². The number of rotatable bonds is 16. The fraction of sp³-hybridized carbons (Fsp3) is 0.432. The molecule has 53 heavy (non-hydrogen) atoms. The van der Waals surface area contributed by atoms with Gasteiger partial charge in [0.25, 0.3) is 0 Å². The number of amides is 1. The molecule has 1 fully saturated rings. The SMILES string of the molecule is COc1ccc(CCC(=O)NCCCC(CCCN2CCCCC23CCc2cc(OC)c([N+](=O)[O-])cc2C3)(c2ccccc2)c2ccccc2)cc1.Cl. The highest BCUT2D eigenvalue weighted by Gasteiger charge is 2.42. The number of benzene rings is 4. The van der Waals surface area contributed by atoms with Crippen LogP contribution in [0.25, 0.3) is 0 Å². The lowest BCUT2D eigenvalue weighted by Gasteiger charge is -2.50. The molecule has 0 bridgehead atoms. The first kappa shape index (κ1) is 39.8. The third kappa shape index (κ3) is 9.40. The summed E-state index contributed by atoms with van der Waals surface area (Å²) in [6.07, 6.45) is 11.2. The molecule has 0 aromatic heterocycles. The van der Waals surface area contributed by atoms with E-state index in [2.05, 4.69) is 70.9 Å². The van der Waals surface area contributed by atoms with Crippen molar-refractivity contribution in [2.45, 2.75) is 88.0 Å². The minimum absolute atomic E-state index is 0. The number of carbonyl (C=O) groups excluding carboxylic acids is 1. The van der Waals surface area contributed by atoms with E-state index >= 15 is 0 Å². The monoisotopic (exact) mass is 739 g/mol. The number of ether oxygens (including phenoxy) is 2. The average molecular weight is 740 g/mol. The summed E-state index contributed by atoms with van der Waals surface area (Å²) in [5.74, 6) is 1.25. The van der Waals surface area contributed by atoms with Crippen molar-refractivity contribution in [2.24, 2.45) is 0 Å². The molecule has 1 atom stereocenters. The first-order chi connectivity index (χ1) is 25.4. The predicted molar refractivity (Wildman–Crippen MR) is 214 cm³/mol. The Labute approximate surface area is 320 Å². The predicted octanol–water partition coefficient (Wildman–Crippen LogP) is 9.04. The molecule has 282 valence electrons. The van der Waals surface area contributed by atoms with Gasteiger partial charge in [0.15, 0.2) is 5.75 Å². The molecule has 1 amide bonds. The zero-order valence-electron chi connectivity index (χ0n) is 31.2. The number of hydrogen-bond acceptors (Lipinski definition) is 6. The highest BCUT2D eigenvalue weighted by atomic mass is 35.5. The van der Waals surface area contributed by atoms with Crippen molar-refractivity contribution in [1.82, 2.24) is 10.2 Å². The third-order valence-corrected chi connectivity index (χ3v) is 11.7. The van der Waals surface area contributed by atoms with E-state index in [1.165, 1.54) is 36.6 Å². The molecule has 4 aromatic carbocycles. The number of nitrogens with zero attached hydrogens (tertiary/aromatic N) is 2. The average Bonchev–Trinajstić information content (AvgIpc) is 3.19. The van der Waals surface area contributed by atoms with Gasteiger partial charge in [-0.1, -0.05) is 79.2 Å². The molecule has 0 saturated carbocycles. The molecule has 1 N–H and O–H groups in total. The minimum atomic E-state index is -0.320. The maximum Gasteiger partial charge on any atom is 0.311 e. The summed E-state index contributed by atoms with van der Waals surface area (Å²) in [5, 5.41) is 15.1. The molecule has 1 spiro atoms. The van der Waals surface area contributed by atoms with Gasteiger partial charge in [-0.05, 0) is 123 Å². The van der Waals surface area contributed by atoms with Crippen molar-refractivity contribution in [3.8, 4) is 11.5 Å². The summed E-state index contributed by atoms with van der Waals surface area (Å²) >= 11 is 0. The van der Waals surface area contributed by atoms with Crippen LogP contribution in [0.1, 0.15) is 85.6 Å². The van der Waals surface area contributed by atoms with Crippen molar-refractivity contribution in [2.75, 3.05) is 33.9 Å². The quantitative estimate of drug-likeness (QED) is 0.0701. The molecule has 4 aromatic rings. The topological polar surface area (TPSA) is 93.9 Å². The summed E-state index contributed by atoms with van der Waals surface area (Å²) in [5.41, 5.74) is 5.91. The Morgan fingerprint density at radius 1 is 0.868 bits per heavy atom. The van der Waals surface area contributed by atoms with E-state index in [0.29, 0.717) is 25.1 Å². The number of likely N-dealkylation sites (tertiary alicyclic amines) is 1. The van der Waals surface area contributed by atoms with Gasteiger partial charge in [-0.25, -0.2) is 0 Å². The van der Waals surface area contributed by atoms with Gasteiger partial charge in [0.1, 0.15) is 5.75 Å². The molecular weight excluding hydrogens is 686 g/mol. The van der Waals surface area contributed by atoms with Gasteiger partial charge >= 0.3 is 5.69 Å². The van der Waals surface area contributed by atoms with E-state index in [1.807, 2.05) is 30.3 Å². The number of piperidine rings is 1. The van der Waals surface area contributed by atoms with Crippen molar-refractivity contribution in [3.63, 3.8) is 0 Å². The summed E-state index contributed by atoms with van der Waals surface area (Å²) in [6.45, 7) is 2.67. The summed E-state index contributed by atoms with van der Waals surface area (Å²) in [4.78, 5) is 27.2. The fourth-order valence-electron chi connectivity index (χ4n) is 8.86. The van der Waals surface area contributed by atoms with Gasteiger partial charge in [-0.3, -0.25) is 19.8 Å². The largest absolute Gasteiger partial charge is 0.497 e. The molecular formula is C44H54ClN3O5. The van der Waals surface area contributed by atoms with Crippen LogP contribution < -0.4 is 14.8 Å². The maximum atomic E-state index is 12.9. The Kier molecular flexibility index (Phi) is 13.9. The minimum Gasteiger partial charge on any atom is -0.497 e. The normalized spacial score (nSPS) is 17.0. The van der Waals surface area contributed by atoms with Gasteiger partial charge < -0.3 is 14.8 Å². The van der Waals surface area contributed by atoms with E-state index in [9.17, 15) is 14.9 Å². The molecule has 1 saturated heterocycles. The number of fused-ring (bicyclic) bond motifs is 1. The number of nitro benzene ring substituents is 1. The van der Waals surface area contributed by atoms with E-state index in [1.54, 1.807) is 13.2 Å². The molecule has 9 heteroatoms. The highest BCUT2D eigenvalue weighted by molar-refractivity contribution is 5.85. The van der Waals surface area contributed by atoms with Crippen LogP contribution in [0.5, 0.6) is 11.5 Å². The first-order valence-electron chi connectivity index (χ1n) is 19.0. The number of nitrogens with one attached hydrogen (secondary N) is 1. The molecule has 1 unspecified atom stereocenters. The molecule has 1 aliphatic heterocycles. The lowest BCUT2D eigenvalue weighted by atomic mass is 9.68. The first-order valence-corrected chi connectivity index (χ1v) is 19.0. The maximum absolute atomic E-state index is 12.9. The second kappa shape index (κ2) is 18.6. The van der Waals surface area contributed by atoms with Crippen LogP contribution in [0.2, 0.25) is 0 Å². The second-order valence-corrected chi connectivity index (χ2v) is 14.6. The van der Waals surface area contributed by atoms with Crippen LogP contribution in [-0.2, 0) is 29.5 Å². The lowest BCUT2D eigenvalue weighted by molar-refractivity contribution is -0.385. The van der Waals surface area contributed by atoms with Gasteiger partial charge in [-0.2, -0.15) is 0 Å². The van der Waals surface area contributed by atoms with Crippen molar-refractivity contribution < 1.29 is 19.2 Å². The number of hydrogen-bond donors (Lipinski definition) is 1. The number of halogens is 1. The molecule has 0 radical (unpaired) electrons. The number of methoxy groups -OCH3 is 2. The molecule has 2 aliphatic rings. The van der Waals surface area contributed by atoms with Crippen LogP contribution in [-0.4, -0.2) is 55.1 Å². The van der Waals surface area contributed by atoms with Crippen LogP contribution >= 0.6 is 12.4 Å². The van der Waals surface area contributed by atoms with E-state index in [4.69, 9.17) is 9.47 Å². The van der Waals surface area contributed by atoms with E-state index < -0.39 is 0 Å². The summed E-state index contributed by atoms with van der Waals surface area (Å²) in [6, 6.07) is 33.4. The second-order valence-electron chi connectivity index (χ2n) is 14.6. The zero-order chi connectivity index (χ0) is 36.4. The molecule has 1 aliphatic carbocycles.